The second-order valence-corrected chi connectivity index (χ2v) is 9.04. The van der Waals surface area contributed by atoms with Crippen molar-refractivity contribution in [1.82, 2.24) is 0 Å². The van der Waals surface area contributed by atoms with Crippen molar-refractivity contribution in [3.8, 4) is 17.2 Å². The van der Waals surface area contributed by atoms with Crippen LogP contribution in [0.2, 0.25) is 0 Å². The maximum atomic E-state index is 12.5. The zero-order chi connectivity index (χ0) is 22.8. The Hall–Kier alpha value is -2.75. The molecule has 1 fully saturated rings. The summed E-state index contributed by atoms with van der Waals surface area (Å²) >= 11 is 0. The summed E-state index contributed by atoms with van der Waals surface area (Å²) in [6.45, 7) is 2.64. The number of carbonyl (C=O) groups excluding carboxylic acids is 1. The van der Waals surface area contributed by atoms with E-state index in [9.17, 15) is 15.0 Å². The first-order valence-electron chi connectivity index (χ1n) is 11.9. The SMILES string of the molecule is CCCCC1(C=CC(=O)CCc2ccc(O)c(OCCc3ccc(O)cc3)c2)CCCC1. The second kappa shape index (κ2) is 11.8. The Morgan fingerprint density at radius 1 is 1.03 bits per heavy atom. The number of ketones is 1. The van der Waals surface area contributed by atoms with E-state index in [1.807, 2.05) is 30.3 Å². The van der Waals surface area contributed by atoms with Crippen LogP contribution < -0.4 is 4.74 Å². The molecule has 0 unspecified atom stereocenters. The van der Waals surface area contributed by atoms with Crippen molar-refractivity contribution in [2.45, 2.75) is 71.1 Å². The maximum absolute atomic E-state index is 12.5. The maximum Gasteiger partial charge on any atom is 0.161 e. The number of rotatable bonds is 12. The summed E-state index contributed by atoms with van der Waals surface area (Å²) in [6, 6.07) is 12.3. The molecule has 32 heavy (non-hydrogen) atoms. The third-order valence-electron chi connectivity index (χ3n) is 6.52. The van der Waals surface area contributed by atoms with Crippen LogP contribution >= 0.6 is 0 Å². The molecule has 0 bridgehead atoms. The lowest BCUT2D eigenvalue weighted by molar-refractivity contribution is -0.114. The lowest BCUT2D eigenvalue weighted by atomic mass is 9.80. The smallest absolute Gasteiger partial charge is 0.161 e. The lowest BCUT2D eigenvalue weighted by Crippen LogP contribution is -2.13. The van der Waals surface area contributed by atoms with E-state index in [1.165, 1.54) is 44.9 Å². The lowest BCUT2D eigenvalue weighted by Gasteiger charge is -2.24. The number of ether oxygens (including phenoxy) is 1. The average molecular weight is 437 g/mol. The molecule has 2 aromatic rings. The molecule has 1 saturated carbocycles. The number of aryl methyl sites for hydroxylation is 1. The fourth-order valence-electron chi connectivity index (χ4n) is 4.50. The van der Waals surface area contributed by atoms with Crippen molar-refractivity contribution in [3.05, 3.63) is 65.7 Å². The van der Waals surface area contributed by atoms with Crippen molar-refractivity contribution < 1.29 is 19.7 Å². The Morgan fingerprint density at radius 2 is 1.75 bits per heavy atom. The highest BCUT2D eigenvalue weighted by Crippen LogP contribution is 2.43. The summed E-state index contributed by atoms with van der Waals surface area (Å²) < 4.78 is 5.77. The number of unbranched alkanes of at least 4 members (excludes halogenated alkanes) is 1. The van der Waals surface area contributed by atoms with Crippen LogP contribution in [0, 0.1) is 5.41 Å². The van der Waals surface area contributed by atoms with Crippen molar-refractivity contribution in [2.24, 2.45) is 5.41 Å². The van der Waals surface area contributed by atoms with Crippen LogP contribution in [0.4, 0.5) is 0 Å². The Labute approximate surface area is 191 Å². The molecule has 0 spiro atoms. The third kappa shape index (κ3) is 7.15. The van der Waals surface area contributed by atoms with Crippen molar-refractivity contribution in [3.63, 3.8) is 0 Å². The first-order chi connectivity index (χ1) is 15.5. The molecule has 0 amide bonds. The Kier molecular flexibility index (Phi) is 8.78. The van der Waals surface area contributed by atoms with Gasteiger partial charge in [-0.1, -0.05) is 56.9 Å². The van der Waals surface area contributed by atoms with E-state index < -0.39 is 0 Å². The van der Waals surface area contributed by atoms with Crippen LogP contribution in [0.15, 0.2) is 54.6 Å². The predicted octanol–water partition coefficient (Wildman–Crippen LogP) is 6.53. The molecule has 0 radical (unpaired) electrons. The second-order valence-electron chi connectivity index (χ2n) is 9.04. The number of carbonyl (C=O) groups is 1. The molecule has 0 aromatic heterocycles. The van der Waals surface area contributed by atoms with E-state index in [0.717, 1.165) is 11.1 Å². The van der Waals surface area contributed by atoms with Gasteiger partial charge in [-0.2, -0.15) is 0 Å². The van der Waals surface area contributed by atoms with Gasteiger partial charge < -0.3 is 14.9 Å². The number of phenols is 2. The van der Waals surface area contributed by atoms with E-state index in [-0.39, 0.29) is 22.7 Å². The van der Waals surface area contributed by atoms with E-state index >= 15 is 0 Å². The molecule has 2 N–H and O–H groups in total. The fourth-order valence-corrected chi connectivity index (χ4v) is 4.50. The van der Waals surface area contributed by atoms with Crippen LogP contribution in [-0.4, -0.2) is 22.6 Å². The normalized spacial score (nSPS) is 15.3. The quantitative estimate of drug-likeness (QED) is 0.371. The van der Waals surface area contributed by atoms with Gasteiger partial charge in [-0.25, -0.2) is 0 Å². The summed E-state index contributed by atoms with van der Waals surface area (Å²) in [6.07, 6.45) is 14.3. The van der Waals surface area contributed by atoms with Gasteiger partial charge in [0, 0.05) is 12.8 Å². The van der Waals surface area contributed by atoms with Crippen LogP contribution in [0.25, 0.3) is 0 Å². The number of allylic oxidation sites excluding steroid dienone is 2. The molecule has 4 heteroatoms. The first-order valence-corrected chi connectivity index (χ1v) is 11.9. The topological polar surface area (TPSA) is 66.8 Å². The van der Waals surface area contributed by atoms with Gasteiger partial charge in [0.2, 0.25) is 0 Å². The Balaban J connectivity index is 1.50. The zero-order valence-corrected chi connectivity index (χ0v) is 19.2. The number of phenolic OH excluding ortho intramolecular Hbond substituents is 2. The van der Waals surface area contributed by atoms with Gasteiger partial charge >= 0.3 is 0 Å². The third-order valence-corrected chi connectivity index (χ3v) is 6.52. The van der Waals surface area contributed by atoms with Gasteiger partial charge in [-0.15, -0.1) is 0 Å². The molecule has 0 aliphatic heterocycles. The molecule has 2 aromatic carbocycles. The summed E-state index contributed by atoms with van der Waals surface area (Å²) in [4.78, 5) is 12.5. The molecular formula is C28H36O4. The molecule has 4 nitrogen and oxygen atoms in total. The Morgan fingerprint density at radius 3 is 2.47 bits per heavy atom. The van der Waals surface area contributed by atoms with Gasteiger partial charge in [-0.3, -0.25) is 4.79 Å². The van der Waals surface area contributed by atoms with E-state index in [2.05, 4.69) is 13.0 Å². The summed E-state index contributed by atoms with van der Waals surface area (Å²) in [5.41, 5.74) is 2.27. The van der Waals surface area contributed by atoms with Gasteiger partial charge in [-0.05, 0) is 72.6 Å². The van der Waals surface area contributed by atoms with Crippen LogP contribution in [0.5, 0.6) is 17.2 Å². The zero-order valence-electron chi connectivity index (χ0n) is 19.2. The van der Waals surface area contributed by atoms with Gasteiger partial charge in [0.1, 0.15) is 5.75 Å². The highest BCUT2D eigenvalue weighted by Gasteiger charge is 2.30. The fraction of sp³-hybridized carbons (Fsp3) is 0.464. The van der Waals surface area contributed by atoms with Crippen molar-refractivity contribution in [2.75, 3.05) is 6.61 Å². The van der Waals surface area contributed by atoms with Crippen molar-refractivity contribution in [1.29, 1.82) is 0 Å². The standard InChI is InChI=1S/C28H36O4/c1-2-3-16-28(17-4-5-18-28)19-14-25(30)12-8-23-9-13-26(31)27(21-23)32-20-15-22-6-10-24(29)11-7-22/h6-7,9-11,13-14,19,21,29,31H,2-5,8,12,15-18,20H2,1H3. The average Bonchev–Trinajstić information content (AvgIpc) is 3.27. The highest BCUT2D eigenvalue weighted by molar-refractivity contribution is 5.89. The molecule has 3 rings (SSSR count). The van der Waals surface area contributed by atoms with Gasteiger partial charge in [0.15, 0.2) is 17.3 Å². The molecule has 0 atom stereocenters. The molecule has 1 aliphatic carbocycles. The largest absolute Gasteiger partial charge is 0.508 e. The number of benzene rings is 2. The van der Waals surface area contributed by atoms with E-state index in [4.69, 9.17) is 4.74 Å². The van der Waals surface area contributed by atoms with Crippen LogP contribution in [0.1, 0.15) is 69.4 Å². The number of aromatic hydroxyl groups is 2. The minimum absolute atomic E-state index is 0.102. The minimum Gasteiger partial charge on any atom is -0.508 e. The molecule has 0 saturated heterocycles. The highest BCUT2D eigenvalue weighted by atomic mass is 16.5. The summed E-state index contributed by atoms with van der Waals surface area (Å²) in [5, 5.41) is 19.5. The van der Waals surface area contributed by atoms with Gasteiger partial charge in [0.05, 0.1) is 6.61 Å². The molecule has 0 heterocycles. The monoisotopic (exact) mass is 436 g/mol. The summed E-state index contributed by atoms with van der Waals surface area (Å²) in [7, 11) is 0. The molecule has 1 aliphatic rings. The summed E-state index contributed by atoms with van der Waals surface area (Å²) in [5.74, 6) is 0.943. The van der Waals surface area contributed by atoms with Crippen LogP contribution in [-0.2, 0) is 17.6 Å². The van der Waals surface area contributed by atoms with Gasteiger partial charge in [0.25, 0.3) is 0 Å². The van der Waals surface area contributed by atoms with Crippen LogP contribution in [0.3, 0.4) is 0 Å². The predicted molar refractivity (Wildman–Crippen MR) is 128 cm³/mol. The number of hydrogen-bond donors (Lipinski definition) is 2. The first kappa shape index (κ1) is 23.9. The van der Waals surface area contributed by atoms with Crippen molar-refractivity contribution >= 4 is 5.78 Å². The van der Waals surface area contributed by atoms with E-state index in [0.29, 0.717) is 31.6 Å². The minimum atomic E-state index is 0.102. The molecule has 172 valence electrons. The van der Waals surface area contributed by atoms with E-state index in [1.54, 1.807) is 18.2 Å². The number of hydrogen-bond acceptors (Lipinski definition) is 4. The molecular weight excluding hydrogens is 400 g/mol. The Bertz CT molecular complexity index is 892.